The predicted octanol–water partition coefficient (Wildman–Crippen LogP) is 6.17. The SMILES string of the molecule is c1ccc(Cc2ccc3ccc4cccc5ccc2c3c45)cc1. The van der Waals surface area contributed by atoms with Crippen molar-refractivity contribution in [2.45, 2.75) is 6.42 Å². The summed E-state index contributed by atoms with van der Waals surface area (Å²) in [6.45, 7) is 0. The van der Waals surface area contributed by atoms with Gasteiger partial charge in [0, 0.05) is 0 Å². The van der Waals surface area contributed by atoms with Crippen LogP contribution in [0.15, 0.2) is 84.9 Å². The standard InChI is InChI=1S/C23H16/c1-2-5-16(6-3-1)15-20-12-11-19-10-9-17-7-4-8-18-13-14-21(20)23(19)22(17)18/h1-14H,15H2. The van der Waals surface area contributed by atoms with E-state index in [1.54, 1.807) is 0 Å². The van der Waals surface area contributed by atoms with Crippen LogP contribution in [0, 0.1) is 0 Å². The minimum absolute atomic E-state index is 0.981. The van der Waals surface area contributed by atoms with Crippen LogP contribution in [-0.4, -0.2) is 0 Å². The smallest absolute Gasteiger partial charge is 0.00196 e. The molecule has 0 atom stereocenters. The van der Waals surface area contributed by atoms with Gasteiger partial charge in [0.05, 0.1) is 0 Å². The molecule has 0 spiro atoms. The Morgan fingerprint density at radius 3 is 1.91 bits per heavy atom. The van der Waals surface area contributed by atoms with Gasteiger partial charge >= 0.3 is 0 Å². The summed E-state index contributed by atoms with van der Waals surface area (Å²) >= 11 is 0. The van der Waals surface area contributed by atoms with Crippen LogP contribution in [0.1, 0.15) is 11.1 Å². The van der Waals surface area contributed by atoms with E-state index in [9.17, 15) is 0 Å². The van der Waals surface area contributed by atoms with E-state index in [2.05, 4.69) is 84.9 Å². The van der Waals surface area contributed by atoms with Crippen LogP contribution in [0.25, 0.3) is 32.3 Å². The molecule has 0 heteroatoms. The summed E-state index contributed by atoms with van der Waals surface area (Å²) in [5, 5.41) is 8.19. The Bertz CT molecular complexity index is 1100. The Balaban J connectivity index is 1.84. The van der Waals surface area contributed by atoms with E-state index in [-0.39, 0.29) is 0 Å². The van der Waals surface area contributed by atoms with Crippen molar-refractivity contribution in [2.24, 2.45) is 0 Å². The van der Waals surface area contributed by atoms with Crippen molar-refractivity contribution in [3.05, 3.63) is 96.1 Å². The van der Waals surface area contributed by atoms with Crippen molar-refractivity contribution < 1.29 is 0 Å². The van der Waals surface area contributed by atoms with Crippen LogP contribution >= 0.6 is 0 Å². The second kappa shape index (κ2) is 4.82. The first-order chi connectivity index (χ1) is 11.4. The topological polar surface area (TPSA) is 0 Å². The van der Waals surface area contributed by atoms with Gasteiger partial charge in [0.1, 0.15) is 0 Å². The summed E-state index contributed by atoms with van der Waals surface area (Å²) in [6, 6.07) is 30.9. The molecular formula is C23H16. The van der Waals surface area contributed by atoms with Crippen molar-refractivity contribution in [3.63, 3.8) is 0 Å². The summed E-state index contributed by atoms with van der Waals surface area (Å²) in [5.41, 5.74) is 2.77. The predicted molar refractivity (Wildman–Crippen MR) is 99.4 cm³/mol. The molecule has 0 aromatic heterocycles. The van der Waals surface area contributed by atoms with E-state index in [1.807, 2.05) is 0 Å². The molecule has 5 aromatic rings. The molecule has 0 saturated carbocycles. The number of rotatable bonds is 2. The van der Waals surface area contributed by atoms with E-state index < -0.39 is 0 Å². The molecular weight excluding hydrogens is 276 g/mol. The fourth-order valence-corrected chi connectivity index (χ4v) is 3.77. The van der Waals surface area contributed by atoms with Crippen molar-refractivity contribution in [1.82, 2.24) is 0 Å². The first-order valence-electron chi connectivity index (χ1n) is 8.09. The van der Waals surface area contributed by atoms with Crippen LogP contribution in [-0.2, 0) is 6.42 Å². The molecule has 0 fully saturated rings. The van der Waals surface area contributed by atoms with E-state index in [0.717, 1.165) is 6.42 Å². The van der Waals surface area contributed by atoms with Crippen LogP contribution in [0.2, 0.25) is 0 Å². The van der Waals surface area contributed by atoms with Crippen molar-refractivity contribution in [3.8, 4) is 0 Å². The summed E-state index contributed by atoms with van der Waals surface area (Å²) < 4.78 is 0. The molecule has 5 rings (SSSR count). The first kappa shape index (κ1) is 12.7. The molecule has 0 radical (unpaired) electrons. The highest BCUT2D eigenvalue weighted by atomic mass is 14.1. The zero-order valence-electron chi connectivity index (χ0n) is 12.8. The van der Waals surface area contributed by atoms with Gasteiger partial charge in [0.25, 0.3) is 0 Å². The zero-order valence-corrected chi connectivity index (χ0v) is 12.8. The van der Waals surface area contributed by atoms with Gasteiger partial charge in [-0.1, -0.05) is 84.9 Å². The van der Waals surface area contributed by atoms with E-state index in [4.69, 9.17) is 0 Å². The number of hydrogen-bond acceptors (Lipinski definition) is 0. The monoisotopic (exact) mass is 292 g/mol. The normalized spacial score (nSPS) is 11.7. The third kappa shape index (κ3) is 1.92. The fraction of sp³-hybridized carbons (Fsp3) is 0.0435. The molecule has 0 aliphatic heterocycles. The minimum atomic E-state index is 0.981. The average Bonchev–Trinajstić information content (AvgIpc) is 2.62. The van der Waals surface area contributed by atoms with Gasteiger partial charge in [0.2, 0.25) is 0 Å². The number of hydrogen-bond donors (Lipinski definition) is 0. The Kier molecular flexibility index (Phi) is 2.65. The van der Waals surface area contributed by atoms with Crippen molar-refractivity contribution in [1.29, 1.82) is 0 Å². The lowest BCUT2D eigenvalue weighted by Crippen LogP contribution is -1.92. The van der Waals surface area contributed by atoms with Gasteiger partial charge < -0.3 is 0 Å². The molecule has 0 N–H and O–H groups in total. The van der Waals surface area contributed by atoms with Crippen LogP contribution in [0.4, 0.5) is 0 Å². The quantitative estimate of drug-likeness (QED) is 0.341. The van der Waals surface area contributed by atoms with Crippen LogP contribution in [0.3, 0.4) is 0 Å². The molecule has 23 heavy (non-hydrogen) atoms. The molecule has 0 nitrogen and oxygen atoms in total. The second-order valence-corrected chi connectivity index (χ2v) is 6.24. The van der Waals surface area contributed by atoms with Crippen LogP contribution < -0.4 is 0 Å². The summed E-state index contributed by atoms with van der Waals surface area (Å²) in [4.78, 5) is 0. The molecule has 0 unspecified atom stereocenters. The minimum Gasteiger partial charge on any atom is -0.0622 e. The lowest BCUT2D eigenvalue weighted by molar-refractivity contribution is 1.22. The van der Waals surface area contributed by atoms with Gasteiger partial charge in [-0.05, 0) is 49.9 Å². The highest BCUT2D eigenvalue weighted by Gasteiger charge is 2.10. The summed E-state index contributed by atoms with van der Waals surface area (Å²) in [5.74, 6) is 0. The maximum atomic E-state index is 2.29. The molecule has 0 bridgehead atoms. The molecule has 0 saturated heterocycles. The van der Waals surface area contributed by atoms with Gasteiger partial charge in [0.15, 0.2) is 0 Å². The molecule has 0 aliphatic rings. The summed E-state index contributed by atoms with van der Waals surface area (Å²) in [7, 11) is 0. The fourth-order valence-electron chi connectivity index (χ4n) is 3.77. The van der Waals surface area contributed by atoms with E-state index in [0.29, 0.717) is 0 Å². The Morgan fingerprint density at radius 1 is 0.478 bits per heavy atom. The average molecular weight is 292 g/mol. The molecule has 0 aliphatic carbocycles. The van der Waals surface area contributed by atoms with E-state index in [1.165, 1.54) is 43.4 Å². The molecule has 0 amide bonds. The summed E-state index contributed by atoms with van der Waals surface area (Å²) in [6.07, 6.45) is 0.981. The molecule has 5 aromatic carbocycles. The third-order valence-electron chi connectivity index (χ3n) is 4.86. The highest BCUT2D eigenvalue weighted by molar-refractivity contribution is 6.23. The van der Waals surface area contributed by atoms with Crippen molar-refractivity contribution >= 4 is 32.3 Å². The maximum absolute atomic E-state index is 2.29. The third-order valence-corrected chi connectivity index (χ3v) is 4.86. The van der Waals surface area contributed by atoms with Gasteiger partial charge in [-0.2, -0.15) is 0 Å². The Labute approximate surface area is 135 Å². The lowest BCUT2D eigenvalue weighted by Gasteiger charge is -2.14. The Hall–Kier alpha value is -2.86. The van der Waals surface area contributed by atoms with Gasteiger partial charge in [-0.3, -0.25) is 0 Å². The van der Waals surface area contributed by atoms with Crippen molar-refractivity contribution in [2.75, 3.05) is 0 Å². The molecule has 0 heterocycles. The Morgan fingerprint density at radius 2 is 1.13 bits per heavy atom. The van der Waals surface area contributed by atoms with Crippen LogP contribution in [0.5, 0.6) is 0 Å². The second-order valence-electron chi connectivity index (χ2n) is 6.24. The van der Waals surface area contributed by atoms with E-state index >= 15 is 0 Å². The molecule has 108 valence electrons. The first-order valence-corrected chi connectivity index (χ1v) is 8.09. The maximum Gasteiger partial charge on any atom is -0.00196 e. The zero-order chi connectivity index (χ0) is 15.2. The van der Waals surface area contributed by atoms with Gasteiger partial charge in [-0.15, -0.1) is 0 Å². The number of benzene rings is 5. The largest absolute Gasteiger partial charge is 0.0622 e. The highest BCUT2D eigenvalue weighted by Crippen LogP contribution is 2.36. The van der Waals surface area contributed by atoms with Gasteiger partial charge in [-0.25, -0.2) is 0 Å². The lowest BCUT2D eigenvalue weighted by atomic mass is 9.90.